The molecule has 2 atom stereocenters. The fourth-order valence-electron chi connectivity index (χ4n) is 2.99. The summed E-state index contributed by atoms with van der Waals surface area (Å²) in [5, 5.41) is 8.89. The van der Waals surface area contributed by atoms with Crippen molar-refractivity contribution < 1.29 is 14.7 Å². The van der Waals surface area contributed by atoms with Crippen LogP contribution >= 0.6 is 0 Å². The van der Waals surface area contributed by atoms with Crippen LogP contribution in [0.4, 0.5) is 0 Å². The second kappa shape index (κ2) is 4.37. The maximum Gasteiger partial charge on any atom is 0.307 e. The zero-order valence-corrected chi connectivity index (χ0v) is 10.9. The quantitative estimate of drug-likeness (QED) is 0.891. The van der Waals surface area contributed by atoms with E-state index in [1.54, 1.807) is 11.9 Å². The zero-order valence-electron chi connectivity index (χ0n) is 10.9. The molecular formula is C15H17NO3. The predicted molar refractivity (Wildman–Crippen MR) is 69.6 cm³/mol. The standard InChI is InChI=1S/C15H17NO3/c1-16(14(17)12-8-13(12)15(18)19)11-6-9-4-2-3-5-10(9)7-11/h2-5,11-13H,6-8H2,1H3,(H,18,19)/t12-,13-/m0/s1. The maximum absolute atomic E-state index is 12.2. The number of aliphatic carboxylic acids is 1. The first-order valence-electron chi connectivity index (χ1n) is 6.64. The number of fused-ring (bicyclic) bond motifs is 1. The predicted octanol–water partition coefficient (Wildman–Crippen LogP) is 1.33. The van der Waals surface area contributed by atoms with Crippen LogP contribution in [-0.4, -0.2) is 35.0 Å². The van der Waals surface area contributed by atoms with Crippen molar-refractivity contribution in [1.29, 1.82) is 0 Å². The Balaban J connectivity index is 1.65. The number of hydrogen-bond acceptors (Lipinski definition) is 2. The molecule has 4 nitrogen and oxygen atoms in total. The summed E-state index contributed by atoms with van der Waals surface area (Å²) >= 11 is 0. The lowest BCUT2D eigenvalue weighted by Gasteiger charge is -2.24. The molecule has 2 aliphatic rings. The van der Waals surface area contributed by atoms with Crippen molar-refractivity contribution in [3.8, 4) is 0 Å². The molecule has 0 aromatic heterocycles. The molecule has 2 aliphatic carbocycles. The highest BCUT2D eigenvalue weighted by Crippen LogP contribution is 2.40. The number of benzene rings is 1. The molecule has 0 spiro atoms. The van der Waals surface area contributed by atoms with Gasteiger partial charge in [0.1, 0.15) is 0 Å². The van der Waals surface area contributed by atoms with Crippen LogP contribution in [0.5, 0.6) is 0 Å². The van der Waals surface area contributed by atoms with Crippen LogP contribution in [0.25, 0.3) is 0 Å². The normalized spacial score (nSPS) is 24.9. The highest BCUT2D eigenvalue weighted by Gasteiger charge is 2.50. The molecular weight excluding hydrogens is 242 g/mol. The van der Waals surface area contributed by atoms with Crippen LogP contribution in [0.3, 0.4) is 0 Å². The minimum atomic E-state index is -0.846. The number of carboxylic acid groups (broad SMARTS) is 1. The Labute approximate surface area is 112 Å². The minimum Gasteiger partial charge on any atom is -0.481 e. The fourth-order valence-corrected chi connectivity index (χ4v) is 2.99. The number of rotatable bonds is 3. The molecule has 1 aromatic rings. The summed E-state index contributed by atoms with van der Waals surface area (Å²) in [6, 6.07) is 8.42. The molecule has 1 N–H and O–H groups in total. The molecule has 1 amide bonds. The molecule has 0 radical (unpaired) electrons. The highest BCUT2D eigenvalue weighted by molar-refractivity contribution is 5.89. The van der Waals surface area contributed by atoms with Crippen molar-refractivity contribution in [3.05, 3.63) is 35.4 Å². The Bertz CT molecular complexity index is 515. The Morgan fingerprint density at radius 1 is 1.16 bits per heavy atom. The second-order valence-electron chi connectivity index (χ2n) is 5.57. The number of carbonyl (C=O) groups excluding carboxylic acids is 1. The highest BCUT2D eigenvalue weighted by atomic mass is 16.4. The lowest BCUT2D eigenvalue weighted by molar-refractivity contribution is -0.142. The van der Waals surface area contributed by atoms with Gasteiger partial charge in [-0.3, -0.25) is 9.59 Å². The van der Waals surface area contributed by atoms with Gasteiger partial charge in [-0.15, -0.1) is 0 Å². The number of carboxylic acids is 1. The van der Waals surface area contributed by atoms with E-state index in [2.05, 4.69) is 12.1 Å². The molecule has 3 rings (SSSR count). The topological polar surface area (TPSA) is 57.6 Å². The van der Waals surface area contributed by atoms with Crippen molar-refractivity contribution in [2.45, 2.75) is 25.3 Å². The third-order valence-electron chi connectivity index (χ3n) is 4.35. The summed E-state index contributed by atoms with van der Waals surface area (Å²) in [7, 11) is 1.80. The van der Waals surface area contributed by atoms with Gasteiger partial charge in [0.05, 0.1) is 11.8 Å². The third-order valence-corrected chi connectivity index (χ3v) is 4.35. The van der Waals surface area contributed by atoms with Crippen molar-refractivity contribution in [1.82, 2.24) is 4.90 Å². The average Bonchev–Trinajstić information content (AvgIpc) is 3.09. The van der Waals surface area contributed by atoms with Crippen molar-refractivity contribution in [2.75, 3.05) is 7.05 Å². The lowest BCUT2D eigenvalue weighted by atomic mass is 10.1. The summed E-state index contributed by atoms with van der Waals surface area (Å²) in [5.74, 6) is -1.61. The molecule has 1 saturated carbocycles. The van der Waals surface area contributed by atoms with E-state index in [-0.39, 0.29) is 17.9 Å². The summed E-state index contributed by atoms with van der Waals surface area (Å²) in [4.78, 5) is 24.8. The lowest BCUT2D eigenvalue weighted by Crippen LogP contribution is -2.39. The van der Waals surface area contributed by atoms with Crippen LogP contribution in [0, 0.1) is 11.8 Å². The summed E-state index contributed by atoms with van der Waals surface area (Å²) in [6.07, 6.45) is 2.25. The Morgan fingerprint density at radius 2 is 1.74 bits per heavy atom. The van der Waals surface area contributed by atoms with Crippen LogP contribution in [-0.2, 0) is 22.4 Å². The first kappa shape index (κ1) is 12.2. The molecule has 19 heavy (non-hydrogen) atoms. The first-order chi connectivity index (χ1) is 9.08. The molecule has 1 aromatic carbocycles. The Kier molecular flexibility index (Phi) is 2.81. The fraction of sp³-hybridized carbons (Fsp3) is 0.467. The van der Waals surface area contributed by atoms with Gasteiger partial charge < -0.3 is 10.0 Å². The zero-order chi connectivity index (χ0) is 13.6. The van der Waals surface area contributed by atoms with E-state index in [1.807, 2.05) is 12.1 Å². The molecule has 0 saturated heterocycles. The van der Waals surface area contributed by atoms with Crippen LogP contribution in [0.15, 0.2) is 24.3 Å². The van der Waals surface area contributed by atoms with Crippen LogP contribution in [0.2, 0.25) is 0 Å². The number of amides is 1. The van der Waals surface area contributed by atoms with Gasteiger partial charge in [0.25, 0.3) is 0 Å². The van der Waals surface area contributed by atoms with Gasteiger partial charge in [0.15, 0.2) is 0 Å². The van der Waals surface area contributed by atoms with Gasteiger partial charge in [-0.2, -0.15) is 0 Å². The number of likely N-dealkylation sites (N-methyl/N-ethyl adjacent to an activating group) is 1. The van der Waals surface area contributed by atoms with E-state index < -0.39 is 11.9 Å². The van der Waals surface area contributed by atoms with Gasteiger partial charge in [-0.1, -0.05) is 24.3 Å². The van der Waals surface area contributed by atoms with Crippen molar-refractivity contribution >= 4 is 11.9 Å². The first-order valence-corrected chi connectivity index (χ1v) is 6.64. The number of hydrogen-bond donors (Lipinski definition) is 1. The molecule has 0 bridgehead atoms. The van der Waals surface area contributed by atoms with Gasteiger partial charge >= 0.3 is 5.97 Å². The molecule has 100 valence electrons. The average molecular weight is 259 g/mol. The van der Waals surface area contributed by atoms with Gasteiger partial charge in [0, 0.05) is 13.1 Å². The SMILES string of the molecule is CN(C(=O)[C@H]1C[C@@H]1C(=O)O)C1Cc2ccccc2C1. The van der Waals surface area contributed by atoms with Gasteiger partial charge in [-0.25, -0.2) is 0 Å². The van der Waals surface area contributed by atoms with Gasteiger partial charge in [0.2, 0.25) is 5.91 Å². The molecule has 0 unspecified atom stereocenters. The van der Waals surface area contributed by atoms with E-state index in [4.69, 9.17) is 5.11 Å². The maximum atomic E-state index is 12.2. The number of carbonyl (C=O) groups is 2. The van der Waals surface area contributed by atoms with Crippen molar-refractivity contribution in [2.24, 2.45) is 11.8 Å². The van der Waals surface area contributed by atoms with E-state index in [9.17, 15) is 9.59 Å². The Hall–Kier alpha value is -1.84. The van der Waals surface area contributed by atoms with E-state index in [0.29, 0.717) is 6.42 Å². The Morgan fingerprint density at radius 3 is 2.21 bits per heavy atom. The minimum absolute atomic E-state index is 0.00907. The summed E-state index contributed by atoms with van der Waals surface area (Å²) < 4.78 is 0. The summed E-state index contributed by atoms with van der Waals surface area (Å²) in [6.45, 7) is 0. The largest absolute Gasteiger partial charge is 0.481 e. The molecule has 0 heterocycles. The smallest absolute Gasteiger partial charge is 0.307 e. The number of nitrogens with zero attached hydrogens (tertiary/aromatic N) is 1. The third kappa shape index (κ3) is 2.11. The monoisotopic (exact) mass is 259 g/mol. The van der Waals surface area contributed by atoms with Crippen LogP contribution < -0.4 is 0 Å². The molecule has 1 fully saturated rings. The van der Waals surface area contributed by atoms with Gasteiger partial charge in [-0.05, 0) is 30.4 Å². The summed E-state index contributed by atoms with van der Waals surface area (Å²) in [5.41, 5.74) is 2.61. The van der Waals surface area contributed by atoms with E-state index >= 15 is 0 Å². The molecule has 0 aliphatic heterocycles. The van der Waals surface area contributed by atoms with E-state index in [0.717, 1.165) is 12.8 Å². The second-order valence-corrected chi connectivity index (χ2v) is 5.57. The van der Waals surface area contributed by atoms with E-state index in [1.165, 1.54) is 11.1 Å². The van der Waals surface area contributed by atoms with Crippen LogP contribution in [0.1, 0.15) is 17.5 Å². The molecule has 4 heteroatoms. The van der Waals surface area contributed by atoms with Crippen molar-refractivity contribution in [3.63, 3.8) is 0 Å².